The first-order valence-electron chi connectivity index (χ1n) is 7.14. The van der Waals surface area contributed by atoms with Gasteiger partial charge in [-0.15, -0.1) is 0 Å². The van der Waals surface area contributed by atoms with Crippen LogP contribution < -0.4 is 5.32 Å². The molecule has 0 spiro atoms. The van der Waals surface area contributed by atoms with Crippen LogP contribution >= 0.6 is 0 Å². The lowest BCUT2D eigenvalue weighted by Crippen LogP contribution is -2.44. The molecular formula is C15H29NO4. The van der Waals surface area contributed by atoms with E-state index in [0.717, 1.165) is 6.42 Å². The summed E-state index contributed by atoms with van der Waals surface area (Å²) < 4.78 is 9.89. The second kappa shape index (κ2) is 8.12. The van der Waals surface area contributed by atoms with Crippen LogP contribution in [0.2, 0.25) is 0 Å². The Labute approximate surface area is 122 Å². The summed E-state index contributed by atoms with van der Waals surface area (Å²) >= 11 is 0. The first-order chi connectivity index (χ1) is 9.06. The molecule has 1 unspecified atom stereocenters. The minimum atomic E-state index is -0.656. The normalized spacial score (nSPS) is 14.6. The molecule has 0 saturated carbocycles. The largest absolute Gasteiger partial charge is 0.467 e. The highest BCUT2D eigenvalue weighted by Crippen LogP contribution is 2.17. The average Bonchev–Trinajstić information content (AvgIpc) is 2.30. The third-order valence-corrected chi connectivity index (χ3v) is 3.23. The molecule has 0 aromatic heterocycles. The number of carbonyl (C=O) groups excluding carboxylic acids is 2. The Balaban J connectivity index is 4.50. The van der Waals surface area contributed by atoms with Crippen molar-refractivity contribution in [1.82, 2.24) is 5.32 Å². The molecule has 0 bridgehead atoms. The molecule has 118 valence electrons. The number of amides is 1. The fourth-order valence-electron chi connectivity index (χ4n) is 1.60. The van der Waals surface area contributed by atoms with Gasteiger partial charge in [0.15, 0.2) is 0 Å². The van der Waals surface area contributed by atoms with Crippen LogP contribution in [0.5, 0.6) is 0 Å². The van der Waals surface area contributed by atoms with E-state index in [1.807, 2.05) is 0 Å². The monoisotopic (exact) mass is 287 g/mol. The average molecular weight is 287 g/mol. The molecule has 5 heteroatoms. The number of ether oxygens (including phenoxy) is 2. The fourth-order valence-corrected chi connectivity index (χ4v) is 1.60. The van der Waals surface area contributed by atoms with E-state index in [9.17, 15) is 9.59 Å². The summed E-state index contributed by atoms with van der Waals surface area (Å²) in [5, 5.41) is 2.58. The molecule has 1 amide bonds. The Bertz CT molecular complexity index is 320. The summed E-state index contributed by atoms with van der Waals surface area (Å²) in [6.45, 7) is 11.7. The molecule has 0 radical (unpaired) electrons. The van der Waals surface area contributed by atoms with Gasteiger partial charge in [-0.25, -0.2) is 9.59 Å². The summed E-state index contributed by atoms with van der Waals surface area (Å²) in [6.07, 6.45) is 0.795. The van der Waals surface area contributed by atoms with E-state index in [1.54, 1.807) is 20.8 Å². The Morgan fingerprint density at radius 1 is 1.10 bits per heavy atom. The number of alkyl carbamates (subject to hydrolysis) is 1. The lowest BCUT2D eigenvalue weighted by atomic mass is 9.91. The Morgan fingerprint density at radius 3 is 2.05 bits per heavy atom. The van der Waals surface area contributed by atoms with Gasteiger partial charge in [-0.05, 0) is 45.4 Å². The minimum absolute atomic E-state index is 0.438. The predicted molar refractivity (Wildman–Crippen MR) is 78.4 cm³/mol. The summed E-state index contributed by atoms with van der Waals surface area (Å²) in [5.41, 5.74) is -0.587. The summed E-state index contributed by atoms with van der Waals surface area (Å²) in [5.74, 6) is 0.573. The molecule has 0 rings (SSSR count). The number of rotatable bonds is 6. The second-order valence-electron chi connectivity index (χ2n) is 6.52. The van der Waals surface area contributed by atoms with Crippen LogP contribution in [0, 0.1) is 11.8 Å². The maximum absolute atomic E-state index is 11.7. The molecule has 0 aromatic rings. The molecule has 0 fully saturated rings. The number of methoxy groups -OCH3 is 1. The SMILES string of the molecule is COC(=O)C(CC[C@@H](C)C(C)C)NC(=O)OC(C)(C)C. The van der Waals surface area contributed by atoms with Gasteiger partial charge in [-0.2, -0.15) is 0 Å². The van der Waals surface area contributed by atoms with E-state index in [1.165, 1.54) is 7.11 Å². The smallest absolute Gasteiger partial charge is 0.408 e. The Morgan fingerprint density at radius 2 is 1.65 bits per heavy atom. The maximum atomic E-state index is 11.7. The highest BCUT2D eigenvalue weighted by Gasteiger charge is 2.25. The van der Waals surface area contributed by atoms with Gasteiger partial charge in [0.05, 0.1) is 7.11 Å². The molecule has 0 aliphatic rings. The number of hydrogen-bond acceptors (Lipinski definition) is 4. The molecule has 0 aliphatic carbocycles. The van der Waals surface area contributed by atoms with Crippen LogP contribution in [0.4, 0.5) is 4.79 Å². The van der Waals surface area contributed by atoms with E-state index >= 15 is 0 Å². The van der Waals surface area contributed by atoms with Gasteiger partial charge in [0.1, 0.15) is 11.6 Å². The van der Waals surface area contributed by atoms with Crippen LogP contribution in [0.25, 0.3) is 0 Å². The van der Waals surface area contributed by atoms with Crippen LogP contribution in [-0.4, -0.2) is 30.8 Å². The second-order valence-corrected chi connectivity index (χ2v) is 6.52. The minimum Gasteiger partial charge on any atom is -0.467 e. The van der Waals surface area contributed by atoms with Gasteiger partial charge in [0.2, 0.25) is 0 Å². The molecule has 0 aromatic carbocycles. The van der Waals surface area contributed by atoms with Gasteiger partial charge >= 0.3 is 12.1 Å². The molecule has 2 atom stereocenters. The van der Waals surface area contributed by atoms with Crippen LogP contribution in [0.3, 0.4) is 0 Å². The van der Waals surface area contributed by atoms with E-state index in [2.05, 4.69) is 26.1 Å². The van der Waals surface area contributed by atoms with Crippen LogP contribution in [0.1, 0.15) is 54.4 Å². The van der Waals surface area contributed by atoms with Crippen molar-refractivity contribution in [2.45, 2.75) is 66.0 Å². The highest BCUT2D eigenvalue weighted by molar-refractivity contribution is 5.81. The van der Waals surface area contributed by atoms with Crippen molar-refractivity contribution in [2.75, 3.05) is 7.11 Å². The van der Waals surface area contributed by atoms with Gasteiger partial charge in [-0.1, -0.05) is 20.8 Å². The first kappa shape index (κ1) is 18.7. The highest BCUT2D eigenvalue weighted by atomic mass is 16.6. The Hall–Kier alpha value is -1.26. The number of carbonyl (C=O) groups is 2. The lowest BCUT2D eigenvalue weighted by molar-refractivity contribution is -0.143. The third kappa shape index (κ3) is 8.02. The molecule has 0 aliphatic heterocycles. The number of hydrogen-bond donors (Lipinski definition) is 1. The molecule has 1 N–H and O–H groups in total. The molecule has 5 nitrogen and oxygen atoms in total. The number of esters is 1. The molecule has 0 saturated heterocycles. The Kier molecular flexibility index (Phi) is 7.61. The summed E-state index contributed by atoms with van der Waals surface area (Å²) in [4.78, 5) is 23.4. The molecular weight excluding hydrogens is 258 g/mol. The van der Waals surface area contributed by atoms with Crippen LogP contribution in [-0.2, 0) is 14.3 Å². The van der Waals surface area contributed by atoms with E-state index in [4.69, 9.17) is 9.47 Å². The number of nitrogens with one attached hydrogen (secondary N) is 1. The molecule has 0 heterocycles. The van der Waals surface area contributed by atoms with Crippen molar-refractivity contribution >= 4 is 12.1 Å². The summed E-state index contributed by atoms with van der Waals surface area (Å²) in [7, 11) is 1.32. The van der Waals surface area contributed by atoms with Gasteiger partial charge in [0, 0.05) is 0 Å². The zero-order valence-electron chi connectivity index (χ0n) is 13.8. The van der Waals surface area contributed by atoms with Gasteiger partial charge in [0.25, 0.3) is 0 Å². The predicted octanol–water partition coefficient (Wildman–Crippen LogP) is 3.13. The zero-order chi connectivity index (χ0) is 15.9. The fraction of sp³-hybridized carbons (Fsp3) is 0.867. The van der Waals surface area contributed by atoms with Gasteiger partial charge < -0.3 is 14.8 Å². The van der Waals surface area contributed by atoms with Crippen molar-refractivity contribution < 1.29 is 19.1 Å². The topological polar surface area (TPSA) is 64.6 Å². The first-order valence-corrected chi connectivity index (χ1v) is 7.14. The van der Waals surface area contributed by atoms with E-state index < -0.39 is 23.7 Å². The van der Waals surface area contributed by atoms with Crippen molar-refractivity contribution in [1.29, 1.82) is 0 Å². The zero-order valence-corrected chi connectivity index (χ0v) is 13.8. The standard InChI is InChI=1S/C15H29NO4/c1-10(2)11(3)8-9-12(13(17)19-7)16-14(18)20-15(4,5)6/h10-12H,8-9H2,1-7H3,(H,16,18)/t11-,12?/m1/s1. The van der Waals surface area contributed by atoms with Gasteiger partial charge in [-0.3, -0.25) is 0 Å². The molecule has 20 heavy (non-hydrogen) atoms. The van der Waals surface area contributed by atoms with Crippen molar-refractivity contribution in [3.05, 3.63) is 0 Å². The summed E-state index contributed by atoms with van der Waals surface area (Å²) in [6, 6.07) is -0.656. The van der Waals surface area contributed by atoms with Crippen molar-refractivity contribution in [3.63, 3.8) is 0 Å². The van der Waals surface area contributed by atoms with Crippen LogP contribution in [0.15, 0.2) is 0 Å². The van der Waals surface area contributed by atoms with E-state index in [-0.39, 0.29) is 0 Å². The lowest BCUT2D eigenvalue weighted by Gasteiger charge is -2.23. The van der Waals surface area contributed by atoms with E-state index in [0.29, 0.717) is 18.3 Å². The van der Waals surface area contributed by atoms with Crippen molar-refractivity contribution in [3.8, 4) is 0 Å². The third-order valence-electron chi connectivity index (χ3n) is 3.23. The van der Waals surface area contributed by atoms with Crippen molar-refractivity contribution in [2.24, 2.45) is 11.8 Å². The quantitative estimate of drug-likeness (QED) is 0.762. The maximum Gasteiger partial charge on any atom is 0.408 e.